The van der Waals surface area contributed by atoms with Gasteiger partial charge in [0.05, 0.1) is 27.9 Å². The van der Waals surface area contributed by atoms with Crippen LogP contribution in [-0.4, -0.2) is 27.0 Å². The van der Waals surface area contributed by atoms with Crippen LogP contribution in [0.2, 0.25) is 0 Å². The molecule has 5 rings (SSSR count). The zero-order valence-corrected chi connectivity index (χ0v) is 18.2. The highest BCUT2D eigenvalue weighted by Gasteiger charge is 2.14. The molecule has 1 N–H and O–H groups in total. The summed E-state index contributed by atoms with van der Waals surface area (Å²) in [5.74, 6) is 0.424. The van der Waals surface area contributed by atoms with Crippen molar-refractivity contribution in [1.29, 1.82) is 0 Å². The fourth-order valence-corrected chi connectivity index (χ4v) is 3.60. The Kier molecular flexibility index (Phi) is 5.79. The fraction of sp³-hybridized carbons (Fsp3) is 0. The molecule has 5 aromatic rings. The number of para-hydroxylation sites is 1. The fourth-order valence-electron chi connectivity index (χ4n) is 3.60. The number of carbonyl (C=O) groups is 1. The summed E-state index contributed by atoms with van der Waals surface area (Å²) in [5, 5.41) is 15.7. The molecule has 0 fully saturated rings. The first-order chi connectivity index (χ1) is 17.1. The van der Waals surface area contributed by atoms with Crippen LogP contribution in [0.5, 0.6) is 0 Å². The monoisotopic (exact) mass is 463 g/mol. The number of pyridine rings is 2. The maximum Gasteiger partial charge on any atom is 0.272 e. The van der Waals surface area contributed by atoms with Crippen LogP contribution in [0.1, 0.15) is 16.1 Å². The molecule has 0 radical (unpaired) electrons. The first-order valence-corrected chi connectivity index (χ1v) is 10.6. The number of nitro groups is 1. The summed E-state index contributed by atoms with van der Waals surface area (Å²) in [7, 11) is 0. The van der Waals surface area contributed by atoms with Gasteiger partial charge in [0, 0.05) is 41.0 Å². The Hall–Kier alpha value is -5.18. The number of nitro benzene ring substituents is 1. The number of furan rings is 1. The summed E-state index contributed by atoms with van der Waals surface area (Å²) in [5.41, 5.74) is 5.66. The summed E-state index contributed by atoms with van der Waals surface area (Å²) in [6.07, 6.45) is 4.70. The van der Waals surface area contributed by atoms with E-state index in [-0.39, 0.29) is 5.69 Å². The van der Waals surface area contributed by atoms with Crippen LogP contribution in [0, 0.1) is 10.1 Å². The van der Waals surface area contributed by atoms with Crippen LogP contribution in [0.25, 0.3) is 33.5 Å². The van der Waals surface area contributed by atoms with Gasteiger partial charge in [-0.25, -0.2) is 10.4 Å². The first-order valence-electron chi connectivity index (χ1n) is 10.6. The quantitative estimate of drug-likeness (QED) is 0.209. The van der Waals surface area contributed by atoms with Gasteiger partial charge in [-0.05, 0) is 36.4 Å². The molecule has 0 aliphatic heterocycles. The number of hydrogen-bond acceptors (Lipinski definition) is 7. The molecule has 0 aliphatic rings. The van der Waals surface area contributed by atoms with Gasteiger partial charge in [0.2, 0.25) is 0 Å². The molecule has 0 saturated carbocycles. The third kappa shape index (κ3) is 4.64. The van der Waals surface area contributed by atoms with Crippen molar-refractivity contribution >= 4 is 28.7 Å². The molecule has 2 aromatic carbocycles. The molecule has 9 heteroatoms. The first kappa shape index (κ1) is 21.7. The van der Waals surface area contributed by atoms with Crippen LogP contribution in [0.3, 0.4) is 0 Å². The molecule has 9 nitrogen and oxygen atoms in total. The standard InChI is InChI=1S/C26H17N5O4/c32-26(22-15-24(17-10-12-27-13-11-17)29-23-7-2-1-6-21(22)23)30-28-16-20-8-9-25(35-20)18-4-3-5-19(14-18)31(33)34/h1-16H,(H,30,32)/b28-16+. The number of hydrazone groups is 1. The number of benzene rings is 2. The second kappa shape index (κ2) is 9.36. The second-order valence-electron chi connectivity index (χ2n) is 7.52. The minimum Gasteiger partial charge on any atom is -0.455 e. The van der Waals surface area contributed by atoms with Crippen LogP contribution < -0.4 is 5.43 Å². The van der Waals surface area contributed by atoms with Gasteiger partial charge >= 0.3 is 0 Å². The SMILES string of the molecule is O=C(N/N=C/c1ccc(-c2cccc([N+](=O)[O-])c2)o1)c1cc(-c2ccncc2)nc2ccccc12. The van der Waals surface area contributed by atoms with Crippen LogP contribution in [-0.2, 0) is 0 Å². The number of amides is 1. The molecule has 0 atom stereocenters. The summed E-state index contributed by atoms with van der Waals surface area (Å²) in [6, 6.07) is 22.2. The van der Waals surface area contributed by atoms with E-state index in [0.29, 0.717) is 39.2 Å². The minimum atomic E-state index is -0.465. The predicted octanol–water partition coefficient (Wildman–Crippen LogP) is 5.23. The molecule has 0 aliphatic carbocycles. The number of aromatic nitrogens is 2. The van der Waals surface area contributed by atoms with Crippen molar-refractivity contribution < 1.29 is 14.1 Å². The molecule has 3 heterocycles. The van der Waals surface area contributed by atoms with Crippen molar-refractivity contribution in [3.8, 4) is 22.6 Å². The van der Waals surface area contributed by atoms with E-state index in [0.717, 1.165) is 5.56 Å². The van der Waals surface area contributed by atoms with Crippen molar-refractivity contribution in [2.45, 2.75) is 0 Å². The highest BCUT2D eigenvalue weighted by Crippen LogP contribution is 2.26. The van der Waals surface area contributed by atoms with Crippen molar-refractivity contribution in [3.63, 3.8) is 0 Å². The lowest BCUT2D eigenvalue weighted by molar-refractivity contribution is -0.384. The van der Waals surface area contributed by atoms with E-state index in [1.807, 2.05) is 36.4 Å². The number of nitrogens with zero attached hydrogens (tertiary/aromatic N) is 4. The Balaban J connectivity index is 1.37. The normalized spacial score (nSPS) is 11.1. The van der Waals surface area contributed by atoms with Crippen molar-refractivity contribution in [3.05, 3.63) is 113 Å². The Labute approximate surface area is 198 Å². The summed E-state index contributed by atoms with van der Waals surface area (Å²) in [6.45, 7) is 0. The molecule has 1 amide bonds. The van der Waals surface area contributed by atoms with Gasteiger partial charge in [-0.2, -0.15) is 5.10 Å². The molecular formula is C26H17N5O4. The molecule has 0 spiro atoms. The molecule has 0 saturated heterocycles. The number of hydrogen-bond donors (Lipinski definition) is 1. The number of carbonyl (C=O) groups excluding carboxylic acids is 1. The molecule has 0 bridgehead atoms. The van der Waals surface area contributed by atoms with E-state index in [2.05, 4.69) is 20.5 Å². The minimum absolute atomic E-state index is 0.0305. The van der Waals surface area contributed by atoms with Crippen LogP contribution in [0.4, 0.5) is 5.69 Å². The number of fused-ring (bicyclic) bond motifs is 1. The second-order valence-corrected chi connectivity index (χ2v) is 7.52. The van der Waals surface area contributed by atoms with Crippen molar-refractivity contribution in [2.24, 2.45) is 5.10 Å². The van der Waals surface area contributed by atoms with Gasteiger partial charge in [-0.15, -0.1) is 0 Å². The van der Waals surface area contributed by atoms with E-state index >= 15 is 0 Å². The average Bonchev–Trinajstić information content (AvgIpc) is 3.37. The highest BCUT2D eigenvalue weighted by molar-refractivity contribution is 6.07. The largest absolute Gasteiger partial charge is 0.455 e. The topological polar surface area (TPSA) is 124 Å². The molecule has 170 valence electrons. The van der Waals surface area contributed by atoms with E-state index < -0.39 is 10.8 Å². The Morgan fingerprint density at radius 3 is 2.63 bits per heavy atom. The third-order valence-electron chi connectivity index (χ3n) is 5.26. The van der Waals surface area contributed by atoms with Crippen molar-refractivity contribution in [2.75, 3.05) is 0 Å². The summed E-state index contributed by atoms with van der Waals surface area (Å²) < 4.78 is 5.70. The smallest absolute Gasteiger partial charge is 0.272 e. The van der Waals surface area contributed by atoms with Gasteiger partial charge in [-0.3, -0.25) is 19.9 Å². The van der Waals surface area contributed by atoms with Gasteiger partial charge in [0.15, 0.2) is 0 Å². The van der Waals surface area contributed by atoms with Crippen molar-refractivity contribution in [1.82, 2.24) is 15.4 Å². The molecule has 35 heavy (non-hydrogen) atoms. The van der Waals surface area contributed by atoms with Gasteiger partial charge in [-0.1, -0.05) is 30.3 Å². The molecular weight excluding hydrogens is 446 g/mol. The lowest BCUT2D eigenvalue weighted by atomic mass is 10.0. The number of non-ortho nitro benzene ring substituents is 1. The lowest BCUT2D eigenvalue weighted by Gasteiger charge is -2.08. The van der Waals surface area contributed by atoms with E-state index in [1.54, 1.807) is 42.7 Å². The lowest BCUT2D eigenvalue weighted by Crippen LogP contribution is -2.18. The number of nitrogens with one attached hydrogen (secondary N) is 1. The summed E-state index contributed by atoms with van der Waals surface area (Å²) >= 11 is 0. The van der Waals surface area contributed by atoms with E-state index in [1.165, 1.54) is 18.3 Å². The van der Waals surface area contributed by atoms with Crippen LogP contribution >= 0.6 is 0 Å². The molecule has 3 aromatic heterocycles. The number of rotatable bonds is 6. The Morgan fingerprint density at radius 2 is 1.80 bits per heavy atom. The third-order valence-corrected chi connectivity index (χ3v) is 5.26. The maximum atomic E-state index is 13.0. The predicted molar refractivity (Wildman–Crippen MR) is 131 cm³/mol. The van der Waals surface area contributed by atoms with Gasteiger partial charge < -0.3 is 4.42 Å². The van der Waals surface area contributed by atoms with E-state index in [4.69, 9.17) is 4.42 Å². The zero-order valence-electron chi connectivity index (χ0n) is 18.2. The summed E-state index contributed by atoms with van der Waals surface area (Å²) in [4.78, 5) is 32.2. The highest BCUT2D eigenvalue weighted by atomic mass is 16.6. The van der Waals surface area contributed by atoms with Crippen LogP contribution in [0.15, 0.2) is 101 Å². The zero-order chi connectivity index (χ0) is 24.2. The Bertz CT molecular complexity index is 1580. The maximum absolute atomic E-state index is 13.0. The molecule has 0 unspecified atom stereocenters. The van der Waals surface area contributed by atoms with Gasteiger partial charge in [0.25, 0.3) is 11.6 Å². The van der Waals surface area contributed by atoms with Gasteiger partial charge in [0.1, 0.15) is 11.5 Å². The van der Waals surface area contributed by atoms with E-state index in [9.17, 15) is 14.9 Å². The Morgan fingerprint density at radius 1 is 0.971 bits per heavy atom. The average molecular weight is 463 g/mol.